The number of anilines is 1. The van der Waals surface area contributed by atoms with E-state index in [-0.39, 0.29) is 24.0 Å². The number of guanidine groups is 1. The van der Waals surface area contributed by atoms with E-state index < -0.39 is 0 Å². The molecule has 0 spiro atoms. The molecular weight excluding hydrogens is 473 g/mol. The molecule has 0 fully saturated rings. The second-order valence-corrected chi connectivity index (χ2v) is 5.74. The Morgan fingerprint density at radius 3 is 2.21 bits per heavy atom. The van der Waals surface area contributed by atoms with Crippen molar-refractivity contribution in [1.29, 1.82) is 0 Å². The second kappa shape index (κ2) is 12.2. The number of hydrogen-bond donors (Lipinski definition) is 2. The molecule has 0 saturated heterocycles. The van der Waals surface area contributed by atoms with Crippen LogP contribution in [0.4, 0.5) is 5.69 Å². The van der Waals surface area contributed by atoms with Gasteiger partial charge in [-0.05, 0) is 48.7 Å². The summed E-state index contributed by atoms with van der Waals surface area (Å²) in [6.07, 6.45) is 1.64. The summed E-state index contributed by atoms with van der Waals surface area (Å²) in [6, 6.07) is 11.2. The quantitative estimate of drug-likeness (QED) is 0.236. The lowest BCUT2D eigenvalue weighted by Gasteiger charge is -2.11. The molecule has 0 heterocycles. The van der Waals surface area contributed by atoms with Crippen LogP contribution in [0.15, 0.2) is 41.4 Å². The Labute approximate surface area is 183 Å². The van der Waals surface area contributed by atoms with Crippen molar-refractivity contribution in [2.75, 3.05) is 40.3 Å². The third-order valence-corrected chi connectivity index (χ3v) is 4.03. The number of hydrogen-bond acceptors (Lipinski definition) is 5. The molecule has 0 aromatic heterocycles. The standard InChI is InChI=1S/C20H27N3O4.HI/c1-24-16-8-10-17(25-2)14(12-16)6-5-11-22-20(21)23-15-7-9-18(26-3)19(13-15)27-4;/h7-10,12-13H,5-6,11H2,1-4H3,(H3,21,22,23);1H. The lowest BCUT2D eigenvalue weighted by atomic mass is 10.1. The summed E-state index contributed by atoms with van der Waals surface area (Å²) < 4.78 is 21.2. The lowest BCUT2D eigenvalue weighted by Crippen LogP contribution is -2.22. The number of nitrogens with two attached hydrogens (primary N) is 1. The summed E-state index contributed by atoms with van der Waals surface area (Å²) in [5, 5.41) is 3.05. The van der Waals surface area contributed by atoms with Gasteiger partial charge < -0.3 is 30.0 Å². The number of aryl methyl sites for hydroxylation is 1. The molecule has 2 rings (SSSR count). The smallest absolute Gasteiger partial charge is 0.193 e. The summed E-state index contributed by atoms with van der Waals surface area (Å²) in [4.78, 5) is 4.37. The first-order valence-electron chi connectivity index (χ1n) is 8.61. The van der Waals surface area contributed by atoms with Crippen molar-refractivity contribution >= 4 is 35.6 Å². The van der Waals surface area contributed by atoms with E-state index in [1.54, 1.807) is 28.4 Å². The molecule has 28 heavy (non-hydrogen) atoms. The summed E-state index contributed by atoms with van der Waals surface area (Å²) in [5.41, 5.74) is 7.83. The number of nitrogens with zero attached hydrogens (tertiary/aromatic N) is 1. The molecule has 0 aliphatic heterocycles. The summed E-state index contributed by atoms with van der Waals surface area (Å²) >= 11 is 0. The van der Waals surface area contributed by atoms with Gasteiger partial charge in [0.25, 0.3) is 0 Å². The first kappa shape index (κ1) is 23.7. The zero-order valence-corrected chi connectivity index (χ0v) is 19.0. The predicted molar refractivity (Wildman–Crippen MR) is 123 cm³/mol. The van der Waals surface area contributed by atoms with E-state index in [2.05, 4.69) is 10.3 Å². The SMILES string of the molecule is COc1ccc(OC)c(CCCN=C(N)Nc2ccc(OC)c(OC)c2)c1.I. The molecule has 0 aliphatic carbocycles. The van der Waals surface area contributed by atoms with Gasteiger partial charge in [0.05, 0.1) is 28.4 Å². The molecule has 0 atom stereocenters. The highest BCUT2D eigenvalue weighted by molar-refractivity contribution is 14.0. The fourth-order valence-corrected chi connectivity index (χ4v) is 2.65. The van der Waals surface area contributed by atoms with E-state index in [1.807, 2.05) is 36.4 Å². The first-order chi connectivity index (χ1) is 13.1. The zero-order chi connectivity index (χ0) is 19.6. The van der Waals surface area contributed by atoms with E-state index in [0.717, 1.165) is 35.6 Å². The fraction of sp³-hybridized carbons (Fsp3) is 0.350. The van der Waals surface area contributed by atoms with Crippen molar-refractivity contribution in [1.82, 2.24) is 0 Å². The number of halogens is 1. The van der Waals surface area contributed by atoms with Crippen molar-refractivity contribution in [2.24, 2.45) is 10.7 Å². The maximum Gasteiger partial charge on any atom is 0.193 e. The van der Waals surface area contributed by atoms with Crippen LogP contribution in [0.3, 0.4) is 0 Å². The number of aliphatic imine (C=N–C) groups is 1. The molecule has 154 valence electrons. The Bertz CT molecular complexity index is 784. The van der Waals surface area contributed by atoms with Crippen molar-refractivity contribution in [3.63, 3.8) is 0 Å². The Balaban J connectivity index is 0.00000392. The molecule has 8 heteroatoms. The Hall–Kier alpha value is -2.36. The molecule has 0 bridgehead atoms. The van der Waals surface area contributed by atoms with Crippen LogP contribution in [0.5, 0.6) is 23.0 Å². The largest absolute Gasteiger partial charge is 0.497 e. The third-order valence-electron chi connectivity index (χ3n) is 4.03. The van der Waals surface area contributed by atoms with Gasteiger partial charge in [0.15, 0.2) is 17.5 Å². The number of benzene rings is 2. The normalized spacial score (nSPS) is 10.6. The van der Waals surface area contributed by atoms with Crippen LogP contribution in [0.2, 0.25) is 0 Å². The molecule has 0 amide bonds. The Kier molecular flexibility index (Phi) is 10.3. The second-order valence-electron chi connectivity index (χ2n) is 5.74. The van der Waals surface area contributed by atoms with E-state index in [0.29, 0.717) is 24.0 Å². The lowest BCUT2D eigenvalue weighted by molar-refractivity contribution is 0.355. The maximum absolute atomic E-state index is 5.97. The van der Waals surface area contributed by atoms with Crippen molar-refractivity contribution in [3.8, 4) is 23.0 Å². The van der Waals surface area contributed by atoms with Gasteiger partial charge in [-0.15, -0.1) is 24.0 Å². The highest BCUT2D eigenvalue weighted by Gasteiger charge is 2.06. The number of ether oxygens (including phenoxy) is 4. The third kappa shape index (κ3) is 6.66. The minimum atomic E-state index is 0. The molecule has 2 aromatic rings. The average molecular weight is 501 g/mol. The molecular formula is C20H28IN3O4. The van der Waals surface area contributed by atoms with Gasteiger partial charge in [-0.25, -0.2) is 0 Å². The number of methoxy groups -OCH3 is 4. The number of rotatable bonds is 9. The topological polar surface area (TPSA) is 87.3 Å². The Morgan fingerprint density at radius 2 is 1.57 bits per heavy atom. The highest BCUT2D eigenvalue weighted by Crippen LogP contribution is 2.29. The molecule has 0 aliphatic rings. The molecule has 0 saturated carbocycles. The maximum atomic E-state index is 5.97. The molecule has 3 N–H and O–H groups in total. The summed E-state index contributed by atoms with van der Waals surface area (Å²) in [5.74, 6) is 3.28. The van der Waals surface area contributed by atoms with Crippen LogP contribution < -0.4 is 30.0 Å². The van der Waals surface area contributed by atoms with Crippen molar-refractivity contribution in [3.05, 3.63) is 42.0 Å². The molecule has 0 radical (unpaired) electrons. The van der Waals surface area contributed by atoms with Crippen LogP contribution in [0, 0.1) is 0 Å². The van der Waals surface area contributed by atoms with Gasteiger partial charge in [0, 0.05) is 18.3 Å². The minimum Gasteiger partial charge on any atom is -0.497 e. The fourth-order valence-electron chi connectivity index (χ4n) is 2.65. The molecule has 0 unspecified atom stereocenters. The number of nitrogens with one attached hydrogen (secondary N) is 1. The first-order valence-corrected chi connectivity index (χ1v) is 8.61. The van der Waals surface area contributed by atoms with Gasteiger partial charge in [-0.3, -0.25) is 4.99 Å². The van der Waals surface area contributed by atoms with Gasteiger partial charge in [0.2, 0.25) is 0 Å². The van der Waals surface area contributed by atoms with Crippen LogP contribution in [-0.4, -0.2) is 40.9 Å². The molecule has 2 aromatic carbocycles. The van der Waals surface area contributed by atoms with E-state index in [4.69, 9.17) is 24.7 Å². The summed E-state index contributed by atoms with van der Waals surface area (Å²) in [7, 11) is 6.49. The van der Waals surface area contributed by atoms with Crippen molar-refractivity contribution in [2.45, 2.75) is 12.8 Å². The van der Waals surface area contributed by atoms with E-state index in [9.17, 15) is 0 Å². The van der Waals surface area contributed by atoms with Crippen molar-refractivity contribution < 1.29 is 18.9 Å². The van der Waals surface area contributed by atoms with Gasteiger partial charge in [-0.2, -0.15) is 0 Å². The van der Waals surface area contributed by atoms with Gasteiger partial charge in [0.1, 0.15) is 11.5 Å². The van der Waals surface area contributed by atoms with Crippen LogP contribution in [0.1, 0.15) is 12.0 Å². The zero-order valence-electron chi connectivity index (χ0n) is 16.7. The van der Waals surface area contributed by atoms with Gasteiger partial charge in [-0.1, -0.05) is 0 Å². The van der Waals surface area contributed by atoms with Gasteiger partial charge >= 0.3 is 0 Å². The summed E-state index contributed by atoms with van der Waals surface area (Å²) in [6.45, 7) is 0.590. The van der Waals surface area contributed by atoms with E-state index >= 15 is 0 Å². The molecule has 7 nitrogen and oxygen atoms in total. The monoisotopic (exact) mass is 501 g/mol. The average Bonchev–Trinajstić information content (AvgIpc) is 2.70. The predicted octanol–water partition coefficient (Wildman–Crippen LogP) is 3.70. The van der Waals surface area contributed by atoms with Crippen LogP contribution >= 0.6 is 24.0 Å². The Morgan fingerprint density at radius 1 is 0.893 bits per heavy atom. The highest BCUT2D eigenvalue weighted by atomic mass is 127. The van der Waals surface area contributed by atoms with Crippen LogP contribution in [0.25, 0.3) is 0 Å². The minimum absolute atomic E-state index is 0. The van der Waals surface area contributed by atoms with Crippen LogP contribution in [-0.2, 0) is 6.42 Å². The van der Waals surface area contributed by atoms with E-state index in [1.165, 1.54) is 0 Å².